The first kappa shape index (κ1) is 17.7. The van der Waals surface area contributed by atoms with Gasteiger partial charge in [-0.25, -0.2) is 0 Å². The van der Waals surface area contributed by atoms with Crippen molar-refractivity contribution in [3.05, 3.63) is 28.8 Å². The molecule has 142 valence electrons. The van der Waals surface area contributed by atoms with Crippen molar-refractivity contribution < 1.29 is 0 Å². The Morgan fingerprint density at radius 2 is 2.04 bits per heavy atom. The van der Waals surface area contributed by atoms with Gasteiger partial charge in [0.2, 0.25) is 11.6 Å². The number of rotatable bonds is 5. The number of nitrogen functional groups attached to an aromatic ring is 1. The normalized spacial score (nSPS) is 19.9. The monoisotopic (exact) mass is 387 g/mol. The third kappa shape index (κ3) is 3.88. The summed E-state index contributed by atoms with van der Waals surface area (Å²) >= 11 is 5.98. The highest BCUT2D eigenvalue weighted by atomic mass is 35.5. The van der Waals surface area contributed by atoms with E-state index < -0.39 is 0 Å². The Morgan fingerprint density at radius 3 is 2.85 bits per heavy atom. The Bertz CT molecular complexity index is 941. The van der Waals surface area contributed by atoms with Crippen LogP contribution >= 0.6 is 11.6 Å². The van der Waals surface area contributed by atoms with Crippen LogP contribution in [-0.2, 0) is 6.54 Å². The van der Waals surface area contributed by atoms with Gasteiger partial charge in [0.15, 0.2) is 11.3 Å². The number of aromatic nitrogens is 5. The SMILES string of the molecule is Nc1cc(CNc2nc(NC3CCCCC3N)nc3n[nH]nc23)ccc1Cl. The van der Waals surface area contributed by atoms with Gasteiger partial charge in [-0.15, -0.1) is 5.10 Å². The average Bonchev–Trinajstić information content (AvgIpc) is 3.13. The van der Waals surface area contributed by atoms with Crippen molar-refractivity contribution in [1.82, 2.24) is 25.4 Å². The molecule has 1 aromatic carbocycles. The predicted molar refractivity (Wildman–Crippen MR) is 107 cm³/mol. The zero-order valence-electron chi connectivity index (χ0n) is 14.7. The van der Waals surface area contributed by atoms with E-state index in [1.165, 1.54) is 6.42 Å². The molecule has 0 saturated heterocycles. The number of halogens is 1. The molecule has 0 aliphatic heterocycles. The lowest BCUT2D eigenvalue weighted by molar-refractivity contribution is 0.402. The van der Waals surface area contributed by atoms with Crippen molar-refractivity contribution in [2.45, 2.75) is 44.3 Å². The van der Waals surface area contributed by atoms with Crippen LogP contribution in [0.3, 0.4) is 0 Å². The Hall–Kier alpha value is -2.65. The molecule has 0 amide bonds. The molecular formula is C17H22ClN9. The average molecular weight is 388 g/mol. The van der Waals surface area contributed by atoms with Crippen LogP contribution in [0.2, 0.25) is 5.02 Å². The molecule has 1 fully saturated rings. The molecule has 0 spiro atoms. The van der Waals surface area contributed by atoms with Gasteiger partial charge in [0.1, 0.15) is 0 Å². The quantitative estimate of drug-likeness (QED) is 0.419. The van der Waals surface area contributed by atoms with Gasteiger partial charge in [0.05, 0.1) is 10.7 Å². The summed E-state index contributed by atoms with van der Waals surface area (Å²) < 4.78 is 0. The van der Waals surface area contributed by atoms with Gasteiger partial charge < -0.3 is 22.1 Å². The predicted octanol–water partition coefficient (Wildman–Crippen LogP) is 2.28. The van der Waals surface area contributed by atoms with E-state index in [0.717, 1.165) is 24.8 Å². The van der Waals surface area contributed by atoms with Crippen LogP contribution in [0.25, 0.3) is 11.2 Å². The van der Waals surface area contributed by atoms with Crippen LogP contribution in [0.1, 0.15) is 31.2 Å². The van der Waals surface area contributed by atoms with Gasteiger partial charge in [-0.05, 0) is 30.5 Å². The number of H-pyrrole nitrogens is 1. The molecule has 2 unspecified atom stereocenters. The molecule has 1 aliphatic carbocycles. The maximum atomic E-state index is 6.23. The lowest BCUT2D eigenvalue weighted by Gasteiger charge is -2.29. The number of benzene rings is 1. The number of anilines is 3. The molecule has 1 saturated carbocycles. The topological polar surface area (TPSA) is 143 Å². The molecule has 10 heteroatoms. The molecule has 1 aliphatic rings. The summed E-state index contributed by atoms with van der Waals surface area (Å²) in [4.78, 5) is 9.03. The van der Waals surface area contributed by atoms with Crippen LogP contribution in [-0.4, -0.2) is 37.5 Å². The second-order valence-corrected chi connectivity index (χ2v) is 7.21. The van der Waals surface area contributed by atoms with E-state index in [9.17, 15) is 0 Å². The zero-order chi connectivity index (χ0) is 18.8. The molecule has 4 rings (SSSR count). The maximum Gasteiger partial charge on any atom is 0.227 e. The van der Waals surface area contributed by atoms with E-state index in [0.29, 0.717) is 40.2 Å². The lowest BCUT2D eigenvalue weighted by Crippen LogP contribution is -2.43. The highest BCUT2D eigenvalue weighted by Gasteiger charge is 2.23. The van der Waals surface area contributed by atoms with E-state index in [2.05, 4.69) is 36.0 Å². The van der Waals surface area contributed by atoms with E-state index >= 15 is 0 Å². The molecule has 0 bridgehead atoms. The molecule has 2 aromatic heterocycles. The van der Waals surface area contributed by atoms with Gasteiger partial charge >= 0.3 is 0 Å². The van der Waals surface area contributed by atoms with Gasteiger partial charge in [0.25, 0.3) is 0 Å². The molecule has 3 aromatic rings. The summed E-state index contributed by atoms with van der Waals surface area (Å²) in [6, 6.07) is 5.77. The first-order valence-corrected chi connectivity index (χ1v) is 9.36. The van der Waals surface area contributed by atoms with Gasteiger partial charge in [-0.2, -0.15) is 20.3 Å². The Kier molecular flexibility index (Phi) is 4.95. The van der Waals surface area contributed by atoms with Crippen LogP contribution in [0.15, 0.2) is 18.2 Å². The summed E-state index contributed by atoms with van der Waals surface area (Å²) in [5, 5.41) is 18.0. The van der Waals surface area contributed by atoms with Gasteiger partial charge in [-0.3, -0.25) is 0 Å². The minimum absolute atomic E-state index is 0.101. The fourth-order valence-electron chi connectivity index (χ4n) is 3.33. The molecule has 9 nitrogen and oxygen atoms in total. The van der Waals surface area contributed by atoms with Crippen molar-refractivity contribution in [3.63, 3.8) is 0 Å². The smallest absolute Gasteiger partial charge is 0.227 e. The summed E-state index contributed by atoms with van der Waals surface area (Å²) in [5.41, 5.74) is 14.7. The largest absolute Gasteiger partial charge is 0.398 e. The fraction of sp³-hybridized carbons (Fsp3) is 0.412. The number of hydrogen-bond donors (Lipinski definition) is 5. The zero-order valence-corrected chi connectivity index (χ0v) is 15.5. The van der Waals surface area contributed by atoms with E-state index in [-0.39, 0.29) is 12.1 Å². The molecule has 2 atom stereocenters. The third-order valence-corrected chi connectivity index (χ3v) is 5.18. The molecule has 27 heavy (non-hydrogen) atoms. The Morgan fingerprint density at radius 1 is 1.19 bits per heavy atom. The van der Waals surface area contributed by atoms with Crippen molar-refractivity contribution in [2.75, 3.05) is 16.4 Å². The minimum atomic E-state index is 0.101. The minimum Gasteiger partial charge on any atom is -0.398 e. The van der Waals surface area contributed by atoms with Crippen LogP contribution < -0.4 is 22.1 Å². The number of nitrogens with one attached hydrogen (secondary N) is 3. The second kappa shape index (κ2) is 7.53. The van der Waals surface area contributed by atoms with E-state index in [1.807, 2.05) is 12.1 Å². The summed E-state index contributed by atoms with van der Waals surface area (Å²) in [5.74, 6) is 1.09. The first-order chi connectivity index (χ1) is 13.1. The molecule has 0 radical (unpaired) electrons. The van der Waals surface area contributed by atoms with E-state index in [4.69, 9.17) is 23.1 Å². The van der Waals surface area contributed by atoms with Crippen LogP contribution in [0.4, 0.5) is 17.5 Å². The number of nitrogens with two attached hydrogens (primary N) is 2. The number of fused-ring (bicyclic) bond motifs is 1. The van der Waals surface area contributed by atoms with E-state index in [1.54, 1.807) is 6.07 Å². The maximum absolute atomic E-state index is 6.23. The van der Waals surface area contributed by atoms with Crippen LogP contribution in [0, 0.1) is 0 Å². The van der Waals surface area contributed by atoms with Crippen molar-refractivity contribution >= 4 is 40.2 Å². The van der Waals surface area contributed by atoms with Gasteiger partial charge in [0, 0.05) is 18.6 Å². The lowest BCUT2D eigenvalue weighted by atomic mass is 9.91. The number of hydrogen-bond acceptors (Lipinski definition) is 8. The fourth-order valence-corrected chi connectivity index (χ4v) is 3.45. The highest BCUT2D eigenvalue weighted by molar-refractivity contribution is 6.33. The van der Waals surface area contributed by atoms with Crippen LogP contribution in [0.5, 0.6) is 0 Å². The molecular weight excluding hydrogens is 366 g/mol. The number of nitrogens with zero attached hydrogens (tertiary/aromatic N) is 4. The Labute approximate surface area is 161 Å². The van der Waals surface area contributed by atoms with Gasteiger partial charge in [-0.1, -0.05) is 30.5 Å². The second-order valence-electron chi connectivity index (χ2n) is 6.80. The van der Waals surface area contributed by atoms with Crippen molar-refractivity contribution in [1.29, 1.82) is 0 Å². The Balaban J connectivity index is 1.55. The van der Waals surface area contributed by atoms with Crippen molar-refractivity contribution in [3.8, 4) is 0 Å². The highest BCUT2D eigenvalue weighted by Crippen LogP contribution is 2.24. The summed E-state index contributed by atoms with van der Waals surface area (Å²) in [6.45, 7) is 0.517. The third-order valence-electron chi connectivity index (χ3n) is 4.84. The first-order valence-electron chi connectivity index (χ1n) is 8.98. The molecule has 7 N–H and O–H groups in total. The summed E-state index contributed by atoms with van der Waals surface area (Å²) in [7, 11) is 0. The number of aromatic amines is 1. The summed E-state index contributed by atoms with van der Waals surface area (Å²) in [6.07, 6.45) is 4.33. The van der Waals surface area contributed by atoms with Crippen molar-refractivity contribution in [2.24, 2.45) is 5.73 Å². The standard InChI is InChI=1S/C17H22ClN9/c18-10-6-5-9(7-12(10)20)8-21-15-14-16(26-27-25-14)24-17(23-15)22-13-4-2-1-3-11(13)19/h5-7,11,13H,1-4,8,19-20H2,(H3,21,22,23,24,25,26,27). The molecule has 2 heterocycles.